The maximum atomic E-state index is 13.6. The van der Waals surface area contributed by atoms with Crippen LogP contribution >= 0.6 is 0 Å². The second kappa shape index (κ2) is 60.6. The van der Waals surface area contributed by atoms with E-state index in [2.05, 4.69) is 153 Å². The van der Waals surface area contributed by atoms with E-state index in [0.29, 0.717) is 97.6 Å². The molecule has 33 nitrogen and oxygen atoms in total. The van der Waals surface area contributed by atoms with E-state index in [1.54, 1.807) is 87.3 Å². The van der Waals surface area contributed by atoms with Crippen LogP contribution in [-0.2, 0) is 61.0 Å². The molecule has 14 rings (SSSR count). The molecule has 0 fully saturated rings. The third-order valence-corrected chi connectivity index (χ3v) is 23.6. The number of benzene rings is 10. The zero-order valence-corrected chi connectivity index (χ0v) is 86.7. The van der Waals surface area contributed by atoms with Gasteiger partial charge < -0.3 is 102 Å². The van der Waals surface area contributed by atoms with Crippen molar-refractivity contribution < 1.29 is 129 Å². The van der Waals surface area contributed by atoms with Crippen molar-refractivity contribution in [2.45, 2.75) is 109 Å². The molecular formula is C110H131AlLiMnN13O20. The van der Waals surface area contributed by atoms with Crippen molar-refractivity contribution in [3.63, 3.8) is 0 Å². The van der Waals surface area contributed by atoms with Crippen LogP contribution in [0.2, 0.25) is 0 Å². The fourth-order valence-electron chi connectivity index (χ4n) is 16.3. The van der Waals surface area contributed by atoms with Crippen molar-refractivity contribution in [1.82, 2.24) is 46.0 Å². The number of nitrogens with zero attached hydrogens (tertiary/aromatic N) is 8. The van der Waals surface area contributed by atoms with E-state index in [9.17, 15) is 19.5 Å². The van der Waals surface area contributed by atoms with E-state index in [-0.39, 0.29) is 138 Å². The van der Waals surface area contributed by atoms with E-state index in [1.165, 1.54) is 94.6 Å². The van der Waals surface area contributed by atoms with Crippen molar-refractivity contribution in [2.24, 2.45) is 0 Å². The summed E-state index contributed by atoms with van der Waals surface area (Å²) in [5.41, 5.74) is 39.1. The van der Waals surface area contributed by atoms with Gasteiger partial charge in [-0.05, 0) is 189 Å². The number of nitrogens with two attached hydrogens (primary N) is 4. The molecule has 14 aromatic rings. The first-order chi connectivity index (χ1) is 69.1. The molecule has 767 valence electrons. The molecular weight excluding hydrogens is 1910 g/mol. The Bertz CT molecular complexity index is 6570. The first-order valence-corrected chi connectivity index (χ1v) is 46.3. The minimum atomic E-state index is -1.44. The van der Waals surface area contributed by atoms with Gasteiger partial charge >= 0.3 is 53.4 Å². The van der Waals surface area contributed by atoms with Crippen molar-refractivity contribution in [3.8, 4) is 81.3 Å². The number of methoxy groups -OCH3 is 14. The summed E-state index contributed by atoms with van der Waals surface area (Å²) >= 11 is -1.44. The molecule has 6 atom stereocenters. The Labute approximate surface area is 882 Å². The number of ketones is 2. The minimum absolute atomic E-state index is 0. The van der Waals surface area contributed by atoms with E-state index in [0.717, 1.165) is 71.8 Å². The van der Waals surface area contributed by atoms with Crippen LogP contribution in [0.3, 0.4) is 0 Å². The van der Waals surface area contributed by atoms with Crippen LogP contribution in [-0.4, -0.2) is 180 Å². The predicted octanol–water partition coefficient (Wildman–Crippen LogP) is 14.6. The molecule has 0 spiro atoms. The first kappa shape index (κ1) is 120. The van der Waals surface area contributed by atoms with Gasteiger partial charge in [0, 0.05) is 53.5 Å². The molecule has 0 saturated heterocycles. The topological polar surface area (TPSA) is 477 Å². The zero-order chi connectivity index (χ0) is 104. The van der Waals surface area contributed by atoms with Crippen LogP contribution in [0.25, 0.3) is 0 Å². The molecule has 0 bridgehead atoms. The summed E-state index contributed by atoms with van der Waals surface area (Å²) < 4.78 is 92.1. The van der Waals surface area contributed by atoms with Gasteiger partial charge in [-0.15, -0.1) is 0 Å². The normalized spacial score (nSPS) is 11.5. The van der Waals surface area contributed by atoms with Crippen LogP contribution in [0.1, 0.15) is 192 Å². The summed E-state index contributed by atoms with van der Waals surface area (Å²) in [7, 11) is 21.7. The SMILES string of the molecule is COc1cc(C(=O)c2cnc(N)nc2N)c(C(C)Cc2ccccc2)cc1OC.COc1cc(C=O)c(C(C)Cc2ccccc2)cc1OC.COc1cc(Cc2cnc(N)nc2N)c(C(C)Cc2ccccc2)cc1OC.COc1ncc(C(=O)c2cc(OC)c(OC)cc2C(C)Cc2ccccc2)c(OC)n1.COc1ncc(C(O)c2cc(OC)c(OC)cc2C(C)Cc2ccccc2)c(OC)n1.N.[AlH3].[H-].[Li+].[O]=[Mn]=[O]. The Morgan fingerprint density at radius 3 is 0.986 bits per heavy atom. The molecule has 0 amide bonds. The van der Waals surface area contributed by atoms with E-state index >= 15 is 0 Å². The average Bonchev–Trinajstić information content (AvgIpc) is 0.793. The summed E-state index contributed by atoms with van der Waals surface area (Å²) in [6.45, 7) is 10.6. The van der Waals surface area contributed by atoms with Crippen LogP contribution in [0.5, 0.6) is 81.3 Å². The van der Waals surface area contributed by atoms with Gasteiger partial charge in [-0.2, -0.15) is 19.9 Å². The fraction of sp³-hybridized carbons (Fsp3) is 0.282. The molecule has 0 aliphatic heterocycles. The second-order valence-corrected chi connectivity index (χ2v) is 33.0. The Morgan fingerprint density at radius 1 is 0.329 bits per heavy atom. The van der Waals surface area contributed by atoms with Crippen LogP contribution in [0, 0.1) is 0 Å². The van der Waals surface area contributed by atoms with Gasteiger partial charge in [0.25, 0.3) is 0 Å². The van der Waals surface area contributed by atoms with E-state index in [1.807, 2.05) is 109 Å². The van der Waals surface area contributed by atoms with Gasteiger partial charge in [0.2, 0.25) is 23.7 Å². The second-order valence-electron chi connectivity index (χ2n) is 32.8. The number of carbonyl (C=O) groups is 3. The van der Waals surface area contributed by atoms with Crippen molar-refractivity contribution in [2.75, 3.05) is 122 Å². The molecule has 0 saturated carbocycles. The zero-order valence-electron chi connectivity index (χ0n) is 86.5. The summed E-state index contributed by atoms with van der Waals surface area (Å²) in [5, 5.41) is 11.3. The standard InChI is InChI=1S/C24H28N2O5.C24H26N2O5.C22H24N4O3.C22H26N4O2.C18H20O3.Al.Li.Mn.H3N.2O.4H/c2*1-15(11-16-9-7-6-8-10-16)17-12-20(28-2)21(29-3)13-18(17)22(27)19-14-25-24(31-5)26-23(19)30-4;1-13(9-14-7-5-4-6-8-14)15-10-18(28-2)19(29-3)11-16(15)20(27)17-12-25-22(24)26-21(17)23;1-14(9-15-7-5-4-6-8-15)18-12-20(28-3)19(27-2)11-16(18)10-17-13-25-22(24)26-21(17)23;1-13(9-14-7-5-4-6-8-14)16-11-18(21-3)17(20-2)10-15(16)12-19;;;;;;;;;;/h6-10,12-15,22,27H,11H2,1-5H3;6-10,12-15H,11H2,1-5H3;4-8,10-13H,9H2,1-3H3,(H4,23,24,25,26);4-8,11-14H,9-10H2,1-3H3,(H4,23,24,25,26);4-8,10-13H,9H2,1-3H3;;;;1H3;;;;;;/q;;;;;;+1;;;;;;;;-1. The number of rotatable bonds is 38. The number of aliphatic hydroxyl groups is 1. The third kappa shape index (κ3) is 32.6. The third-order valence-electron chi connectivity index (χ3n) is 23.6. The molecule has 0 aliphatic rings. The maximum absolute atomic E-state index is 13.6. The Morgan fingerprint density at radius 2 is 0.623 bits per heavy atom. The van der Waals surface area contributed by atoms with Crippen LogP contribution in [0.15, 0.2) is 237 Å². The number of nitrogen functional groups attached to an aromatic ring is 4. The molecule has 10 aromatic carbocycles. The van der Waals surface area contributed by atoms with Gasteiger partial charge in [-0.1, -0.05) is 186 Å². The van der Waals surface area contributed by atoms with Crippen molar-refractivity contribution in [1.29, 1.82) is 0 Å². The molecule has 0 radical (unpaired) electrons. The van der Waals surface area contributed by atoms with Crippen LogP contribution < -0.4 is 114 Å². The van der Waals surface area contributed by atoms with Gasteiger partial charge in [0.05, 0.1) is 111 Å². The first-order valence-electron chi connectivity index (χ1n) is 45.3. The number of aliphatic hydroxyl groups excluding tert-OH is 1. The van der Waals surface area contributed by atoms with Gasteiger partial charge in [0.1, 0.15) is 29.6 Å². The van der Waals surface area contributed by atoms with E-state index < -0.39 is 20.9 Å². The number of anilines is 4. The Kier molecular flexibility index (Phi) is 49.8. The number of aromatic nitrogens is 8. The molecule has 6 unspecified atom stereocenters. The summed E-state index contributed by atoms with van der Waals surface area (Å²) in [6, 6.07) is 69.9. The predicted molar refractivity (Wildman–Crippen MR) is 559 cm³/mol. The quantitative estimate of drug-likeness (QED) is 0.0119. The number of carbonyl (C=O) groups excluding carboxylic acids is 3. The summed E-state index contributed by atoms with van der Waals surface area (Å²) in [5.74, 6) is 6.90. The molecule has 36 heteroatoms. The number of hydrogen-bond acceptors (Lipinski definition) is 33. The average molecular weight is 2040 g/mol. The number of aldehydes is 1. The molecule has 12 N–H and O–H groups in total. The summed E-state index contributed by atoms with van der Waals surface area (Å²) in [4.78, 5) is 70.8. The fourth-order valence-corrected chi connectivity index (χ4v) is 16.3. The monoisotopic (exact) mass is 2040 g/mol. The van der Waals surface area contributed by atoms with Gasteiger partial charge in [-0.3, -0.25) is 14.4 Å². The Balaban J connectivity index is 0.000000320. The van der Waals surface area contributed by atoms with Gasteiger partial charge in [-0.25, -0.2) is 19.9 Å². The number of hydrogen-bond donors (Lipinski definition) is 6. The molecule has 146 heavy (non-hydrogen) atoms. The molecule has 0 aliphatic carbocycles. The Hall–Kier alpha value is -14.9. The van der Waals surface area contributed by atoms with Crippen molar-refractivity contribution in [3.05, 3.63) is 343 Å². The molecule has 4 heterocycles. The molecule has 4 aromatic heterocycles. The van der Waals surface area contributed by atoms with Gasteiger partial charge in [0.15, 0.2) is 86.4 Å². The summed E-state index contributed by atoms with van der Waals surface area (Å²) in [6.07, 6.45) is 10.5. The van der Waals surface area contributed by atoms with Crippen molar-refractivity contribution >= 4 is 58.7 Å². The van der Waals surface area contributed by atoms with E-state index in [4.69, 9.17) is 96.9 Å². The van der Waals surface area contributed by atoms with Crippen LogP contribution in [0.4, 0.5) is 23.5 Å². The number of ether oxygens (including phenoxy) is 14.